The van der Waals surface area contributed by atoms with Crippen LogP contribution in [-0.4, -0.2) is 8.42 Å². The molecule has 27 heavy (non-hydrogen) atoms. The van der Waals surface area contributed by atoms with Crippen molar-refractivity contribution in [2.24, 2.45) is 5.14 Å². The maximum atomic E-state index is 13.2. The van der Waals surface area contributed by atoms with Crippen molar-refractivity contribution in [1.29, 1.82) is 0 Å². The van der Waals surface area contributed by atoms with Gasteiger partial charge in [-0.25, -0.2) is 13.6 Å². The average Bonchev–Trinajstić information content (AvgIpc) is 3.07. The second-order valence-electron chi connectivity index (χ2n) is 6.11. The van der Waals surface area contributed by atoms with Gasteiger partial charge in [-0.2, -0.15) is 0 Å². The molecule has 0 bridgehead atoms. The molecule has 2 N–H and O–H groups in total. The second-order valence-corrected chi connectivity index (χ2v) is 8.72. The molecule has 0 atom stereocenters. The second kappa shape index (κ2) is 6.45. The molecule has 0 aliphatic heterocycles. The van der Waals surface area contributed by atoms with Gasteiger partial charge in [-0.1, -0.05) is 24.3 Å². The summed E-state index contributed by atoms with van der Waals surface area (Å²) in [6, 6.07) is 17.2. The summed E-state index contributed by atoms with van der Waals surface area (Å²) in [5, 5.41) is 5.80. The highest BCUT2D eigenvalue weighted by Gasteiger charge is 2.19. The Bertz CT molecular complexity index is 1320. The first-order valence-electron chi connectivity index (χ1n) is 8.10. The molecule has 0 spiro atoms. The molecular formula is C20H15NO4S2. The Morgan fingerprint density at radius 3 is 2.30 bits per heavy atom. The first kappa shape index (κ1) is 17.7. The zero-order chi connectivity index (χ0) is 19.2. The van der Waals surface area contributed by atoms with Gasteiger partial charge in [-0.3, -0.25) is 4.79 Å². The minimum absolute atomic E-state index is 0.0229. The predicted octanol–water partition coefficient (Wildman–Crippen LogP) is 4.14. The Labute approximate surface area is 159 Å². The average molecular weight is 397 g/mol. The summed E-state index contributed by atoms with van der Waals surface area (Å²) in [6.45, 7) is 1.82. The zero-order valence-corrected chi connectivity index (χ0v) is 15.9. The van der Waals surface area contributed by atoms with Gasteiger partial charge in [0.05, 0.1) is 10.5 Å². The minimum atomic E-state index is -3.78. The molecule has 2 aromatic carbocycles. The van der Waals surface area contributed by atoms with Crippen molar-refractivity contribution in [3.05, 3.63) is 76.6 Å². The van der Waals surface area contributed by atoms with Gasteiger partial charge in [0, 0.05) is 15.0 Å². The molecular weight excluding hydrogens is 382 g/mol. The van der Waals surface area contributed by atoms with Gasteiger partial charge in [-0.15, -0.1) is 11.3 Å². The molecule has 0 aliphatic carbocycles. The first-order valence-corrected chi connectivity index (χ1v) is 10.5. The van der Waals surface area contributed by atoms with Crippen molar-refractivity contribution in [2.75, 3.05) is 0 Å². The van der Waals surface area contributed by atoms with Gasteiger partial charge in [-0.05, 0) is 48.9 Å². The topological polar surface area (TPSA) is 90.4 Å². The molecule has 0 aliphatic rings. The summed E-state index contributed by atoms with van der Waals surface area (Å²) in [7, 11) is -3.78. The molecule has 0 amide bonds. The Kier molecular flexibility index (Phi) is 4.22. The van der Waals surface area contributed by atoms with Gasteiger partial charge >= 0.3 is 0 Å². The van der Waals surface area contributed by atoms with Crippen LogP contribution in [0.2, 0.25) is 0 Å². The third-order valence-corrected chi connectivity index (χ3v) is 6.38. The Balaban J connectivity index is 2.03. The Morgan fingerprint density at radius 2 is 1.67 bits per heavy atom. The molecule has 0 saturated heterocycles. The third-order valence-electron chi connectivity index (χ3n) is 4.23. The fraction of sp³-hybridized carbons (Fsp3) is 0.0500. The van der Waals surface area contributed by atoms with Crippen LogP contribution in [-0.2, 0) is 10.0 Å². The zero-order valence-electron chi connectivity index (χ0n) is 14.3. The largest absolute Gasteiger partial charge is 0.461 e. The number of primary sulfonamides is 1. The van der Waals surface area contributed by atoms with Crippen molar-refractivity contribution in [1.82, 2.24) is 0 Å². The number of benzene rings is 2. The van der Waals surface area contributed by atoms with Crippen LogP contribution in [0, 0.1) is 6.92 Å². The molecule has 5 nitrogen and oxygen atoms in total. The molecule has 7 heteroatoms. The van der Waals surface area contributed by atoms with E-state index >= 15 is 0 Å². The minimum Gasteiger partial charge on any atom is -0.461 e. The lowest BCUT2D eigenvalue weighted by Crippen LogP contribution is -2.11. The summed E-state index contributed by atoms with van der Waals surface area (Å²) in [4.78, 5) is 13.9. The lowest BCUT2D eigenvalue weighted by molar-refractivity contribution is 0.548. The fourth-order valence-corrected chi connectivity index (χ4v) is 4.64. The number of hydrogen-bond donors (Lipinski definition) is 1. The van der Waals surface area contributed by atoms with E-state index in [-0.39, 0.29) is 10.3 Å². The molecule has 2 heterocycles. The van der Waals surface area contributed by atoms with Crippen LogP contribution in [0.25, 0.3) is 31.9 Å². The van der Waals surface area contributed by atoms with Crippen LogP contribution in [0.4, 0.5) is 0 Å². The van der Waals surface area contributed by atoms with Gasteiger partial charge in [0.25, 0.3) is 0 Å². The van der Waals surface area contributed by atoms with E-state index in [2.05, 4.69) is 0 Å². The molecule has 4 rings (SSSR count). The van der Waals surface area contributed by atoms with Crippen molar-refractivity contribution in [2.45, 2.75) is 11.8 Å². The monoisotopic (exact) mass is 397 g/mol. The highest BCUT2D eigenvalue weighted by Crippen LogP contribution is 2.37. The van der Waals surface area contributed by atoms with E-state index in [9.17, 15) is 13.2 Å². The summed E-state index contributed by atoms with van der Waals surface area (Å²) in [5.74, 6) is 1.20. The lowest BCUT2D eigenvalue weighted by atomic mass is 10.1. The number of nitrogens with two attached hydrogens (primary N) is 1. The van der Waals surface area contributed by atoms with Crippen molar-refractivity contribution in [3.63, 3.8) is 0 Å². The maximum absolute atomic E-state index is 13.2. The van der Waals surface area contributed by atoms with E-state index in [1.54, 1.807) is 24.3 Å². The predicted molar refractivity (Wildman–Crippen MR) is 107 cm³/mol. The molecule has 0 radical (unpaired) electrons. The first-order chi connectivity index (χ1) is 12.8. The number of rotatable bonds is 3. The van der Waals surface area contributed by atoms with Gasteiger partial charge < -0.3 is 4.42 Å². The van der Waals surface area contributed by atoms with Crippen molar-refractivity contribution >= 4 is 31.4 Å². The van der Waals surface area contributed by atoms with Crippen LogP contribution in [0.15, 0.2) is 74.8 Å². The van der Waals surface area contributed by atoms with Crippen LogP contribution >= 0.6 is 11.3 Å². The maximum Gasteiger partial charge on any atom is 0.238 e. The number of furan rings is 1. The van der Waals surface area contributed by atoms with E-state index in [0.29, 0.717) is 27.3 Å². The quantitative estimate of drug-likeness (QED) is 0.562. The highest BCUT2D eigenvalue weighted by molar-refractivity contribution is 7.89. The smallest absolute Gasteiger partial charge is 0.238 e. The van der Waals surface area contributed by atoms with E-state index in [1.165, 1.54) is 23.5 Å². The number of fused-ring (bicyclic) bond motifs is 1. The molecule has 4 aromatic rings. The van der Waals surface area contributed by atoms with Gasteiger partial charge in [0.15, 0.2) is 5.43 Å². The number of hydrogen-bond acceptors (Lipinski definition) is 5. The van der Waals surface area contributed by atoms with E-state index < -0.39 is 10.0 Å². The van der Waals surface area contributed by atoms with Crippen LogP contribution in [0.5, 0.6) is 0 Å². The third kappa shape index (κ3) is 3.21. The molecule has 2 aromatic heterocycles. The standard InChI is InChI=1S/C20H15NO4S2/c1-12-6-11-16(25-12)18-19(22)15-4-2-3-5-17(15)26-20(18)13-7-9-14(10-8-13)27(21,23)24/h2-11H,1H3,(H2,21,23,24). The van der Waals surface area contributed by atoms with Gasteiger partial charge in [0.2, 0.25) is 10.0 Å². The summed E-state index contributed by atoms with van der Waals surface area (Å²) >= 11 is 1.46. The van der Waals surface area contributed by atoms with Crippen molar-refractivity contribution in [3.8, 4) is 21.8 Å². The Hall–Kier alpha value is -2.74. The number of sulfonamides is 1. The van der Waals surface area contributed by atoms with Gasteiger partial charge in [0.1, 0.15) is 11.5 Å². The molecule has 136 valence electrons. The fourth-order valence-electron chi connectivity index (χ4n) is 2.93. The highest BCUT2D eigenvalue weighted by atomic mass is 32.2. The number of aryl methyl sites for hydroxylation is 1. The normalized spacial score (nSPS) is 11.8. The van der Waals surface area contributed by atoms with Crippen LogP contribution in [0.3, 0.4) is 0 Å². The van der Waals surface area contributed by atoms with Crippen LogP contribution < -0.4 is 10.6 Å². The molecule has 0 saturated carbocycles. The summed E-state index contributed by atoms with van der Waals surface area (Å²) in [6.07, 6.45) is 0. The summed E-state index contributed by atoms with van der Waals surface area (Å²) in [5.41, 5.74) is 1.07. The van der Waals surface area contributed by atoms with Crippen LogP contribution in [0.1, 0.15) is 5.76 Å². The molecule has 0 unspecified atom stereocenters. The lowest BCUT2D eigenvalue weighted by Gasteiger charge is -2.09. The SMILES string of the molecule is Cc1ccc(-c2c(-c3ccc(S(N)(=O)=O)cc3)sc3ccccc3c2=O)o1. The molecule has 0 fully saturated rings. The van der Waals surface area contributed by atoms with Crippen molar-refractivity contribution < 1.29 is 12.8 Å². The summed E-state index contributed by atoms with van der Waals surface area (Å²) < 4.78 is 29.6. The van der Waals surface area contributed by atoms with E-state index in [0.717, 1.165) is 10.3 Å². The van der Waals surface area contributed by atoms with E-state index in [1.807, 2.05) is 31.2 Å². The van der Waals surface area contributed by atoms with E-state index in [4.69, 9.17) is 9.56 Å². The Morgan fingerprint density at radius 1 is 0.963 bits per heavy atom.